The van der Waals surface area contributed by atoms with Crippen molar-refractivity contribution in [1.29, 1.82) is 0 Å². The van der Waals surface area contributed by atoms with E-state index in [1.54, 1.807) is 6.20 Å². The molecule has 4 heterocycles. The molecule has 2 aliphatic heterocycles. The molecule has 0 spiro atoms. The summed E-state index contributed by atoms with van der Waals surface area (Å²) in [5.74, 6) is 1.80. The van der Waals surface area contributed by atoms with Gasteiger partial charge in [0.1, 0.15) is 18.2 Å². The van der Waals surface area contributed by atoms with E-state index in [0.29, 0.717) is 12.6 Å². The van der Waals surface area contributed by atoms with Gasteiger partial charge in [0.2, 0.25) is 0 Å². The Labute approximate surface area is 177 Å². The van der Waals surface area contributed by atoms with Crippen LogP contribution in [-0.2, 0) is 6.61 Å². The van der Waals surface area contributed by atoms with E-state index in [0.717, 1.165) is 46.9 Å². The Morgan fingerprint density at radius 3 is 2.57 bits per heavy atom. The molecule has 0 unspecified atom stereocenters. The van der Waals surface area contributed by atoms with Crippen molar-refractivity contribution >= 4 is 5.82 Å². The summed E-state index contributed by atoms with van der Waals surface area (Å²) in [5.41, 5.74) is 4.38. The Balaban J connectivity index is 1.39. The number of piperidine rings is 1. The zero-order valence-electron chi connectivity index (χ0n) is 18.1. The maximum absolute atomic E-state index is 6.06. The van der Waals surface area contributed by atoms with E-state index in [2.05, 4.69) is 67.7 Å². The molecule has 5 rings (SSSR count). The van der Waals surface area contributed by atoms with Crippen molar-refractivity contribution in [2.24, 2.45) is 0 Å². The van der Waals surface area contributed by atoms with Gasteiger partial charge in [-0.1, -0.05) is 0 Å². The second-order valence-corrected chi connectivity index (χ2v) is 9.75. The molecule has 6 nitrogen and oxygen atoms in total. The first-order valence-corrected chi connectivity index (χ1v) is 10.6. The molecule has 2 N–H and O–H groups in total. The van der Waals surface area contributed by atoms with Gasteiger partial charge in [-0.15, -0.1) is 0 Å². The van der Waals surface area contributed by atoms with Gasteiger partial charge in [-0.25, -0.2) is 9.67 Å². The lowest BCUT2D eigenvalue weighted by Gasteiger charge is -2.46. The zero-order valence-corrected chi connectivity index (χ0v) is 18.1. The van der Waals surface area contributed by atoms with E-state index in [-0.39, 0.29) is 11.1 Å². The molecular formula is C24H29N5O. The highest BCUT2D eigenvalue weighted by Gasteiger charge is 2.37. The smallest absolute Gasteiger partial charge is 0.131 e. The number of nitrogens with zero attached hydrogens (tertiary/aromatic N) is 3. The van der Waals surface area contributed by atoms with Crippen molar-refractivity contribution in [3.8, 4) is 22.6 Å². The molecule has 0 bridgehead atoms. The Morgan fingerprint density at radius 2 is 1.83 bits per heavy atom. The van der Waals surface area contributed by atoms with Gasteiger partial charge in [0, 0.05) is 46.7 Å². The average molecular weight is 404 g/mol. The molecule has 6 heteroatoms. The molecule has 0 radical (unpaired) electrons. The van der Waals surface area contributed by atoms with Gasteiger partial charge in [0.05, 0.1) is 11.4 Å². The summed E-state index contributed by atoms with van der Waals surface area (Å²) >= 11 is 0. The molecule has 2 aliphatic rings. The number of ether oxygens (including phenoxy) is 1. The largest absolute Gasteiger partial charge is 0.487 e. The third-order valence-electron chi connectivity index (χ3n) is 5.91. The number of anilines is 1. The van der Waals surface area contributed by atoms with Crippen molar-refractivity contribution in [2.45, 2.75) is 64.3 Å². The predicted octanol–water partition coefficient (Wildman–Crippen LogP) is 4.55. The van der Waals surface area contributed by atoms with Gasteiger partial charge in [-0.05, 0) is 70.9 Å². The maximum atomic E-state index is 6.06. The molecule has 0 atom stereocenters. The zero-order chi connectivity index (χ0) is 20.9. The highest BCUT2D eigenvalue weighted by atomic mass is 16.5. The van der Waals surface area contributed by atoms with Crippen LogP contribution < -0.4 is 15.4 Å². The lowest BCUT2D eigenvalue weighted by molar-refractivity contribution is 0.170. The number of nitrogens with one attached hydrogen (secondary N) is 2. The highest BCUT2D eigenvalue weighted by Crippen LogP contribution is 2.39. The van der Waals surface area contributed by atoms with Crippen LogP contribution in [0, 0.1) is 0 Å². The van der Waals surface area contributed by atoms with E-state index in [4.69, 9.17) is 9.72 Å². The van der Waals surface area contributed by atoms with Crippen molar-refractivity contribution in [3.63, 3.8) is 0 Å². The van der Waals surface area contributed by atoms with Crippen molar-refractivity contribution in [1.82, 2.24) is 20.1 Å². The first-order valence-electron chi connectivity index (χ1n) is 10.6. The molecule has 156 valence electrons. The summed E-state index contributed by atoms with van der Waals surface area (Å²) in [4.78, 5) is 4.90. The van der Waals surface area contributed by atoms with E-state index in [9.17, 15) is 0 Å². The van der Waals surface area contributed by atoms with E-state index in [1.807, 2.05) is 23.0 Å². The van der Waals surface area contributed by atoms with Crippen LogP contribution in [0.5, 0.6) is 5.75 Å². The number of rotatable bonds is 3. The Morgan fingerprint density at radius 1 is 1.07 bits per heavy atom. The topological polar surface area (TPSA) is 64.0 Å². The Bertz CT molecular complexity index is 1060. The predicted molar refractivity (Wildman–Crippen MR) is 119 cm³/mol. The van der Waals surface area contributed by atoms with Crippen molar-refractivity contribution in [2.75, 3.05) is 5.32 Å². The monoisotopic (exact) mass is 403 g/mol. The third kappa shape index (κ3) is 3.67. The van der Waals surface area contributed by atoms with Crippen LogP contribution in [0.25, 0.3) is 16.8 Å². The first-order chi connectivity index (χ1) is 14.3. The Hall–Kier alpha value is -2.86. The van der Waals surface area contributed by atoms with Crippen LogP contribution in [0.3, 0.4) is 0 Å². The second kappa shape index (κ2) is 6.84. The molecule has 1 aromatic carbocycles. The number of hydrogen-bond acceptors (Lipinski definition) is 5. The minimum atomic E-state index is 0.0992. The fourth-order valence-corrected chi connectivity index (χ4v) is 5.13. The van der Waals surface area contributed by atoms with E-state index in [1.165, 1.54) is 0 Å². The minimum absolute atomic E-state index is 0.0992. The van der Waals surface area contributed by atoms with Gasteiger partial charge in [0.25, 0.3) is 0 Å². The van der Waals surface area contributed by atoms with Crippen molar-refractivity contribution < 1.29 is 4.74 Å². The van der Waals surface area contributed by atoms with Crippen LogP contribution in [0.15, 0.2) is 48.8 Å². The number of aromatic nitrogens is 3. The number of fused-ring (bicyclic) bond motifs is 3. The van der Waals surface area contributed by atoms with E-state index < -0.39 is 0 Å². The number of pyridine rings is 1. The molecule has 3 aromatic rings. The SMILES string of the molecule is CC1(C)CC(Nc2ccc3c(n2)COc2cc(-n4cccn4)ccc2-3)CC(C)(C)N1. The van der Waals surface area contributed by atoms with Crippen LogP contribution in [0.4, 0.5) is 5.82 Å². The summed E-state index contributed by atoms with van der Waals surface area (Å²) in [6.45, 7) is 9.55. The minimum Gasteiger partial charge on any atom is -0.487 e. The molecule has 1 saturated heterocycles. The summed E-state index contributed by atoms with van der Waals surface area (Å²) in [6.07, 6.45) is 5.83. The van der Waals surface area contributed by atoms with Crippen LogP contribution in [0.2, 0.25) is 0 Å². The lowest BCUT2D eigenvalue weighted by Crippen LogP contribution is -2.60. The fourth-order valence-electron chi connectivity index (χ4n) is 5.13. The number of benzene rings is 1. The fraction of sp³-hybridized carbons (Fsp3) is 0.417. The van der Waals surface area contributed by atoms with Crippen LogP contribution in [0.1, 0.15) is 46.2 Å². The lowest BCUT2D eigenvalue weighted by atomic mass is 9.79. The summed E-state index contributed by atoms with van der Waals surface area (Å²) in [7, 11) is 0. The second-order valence-electron chi connectivity index (χ2n) is 9.75. The van der Waals surface area contributed by atoms with Crippen LogP contribution >= 0.6 is 0 Å². The van der Waals surface area contributed by atoms with Gasteiger partial charge in [0.15, 0.2) is 0 Å². The summed E-state index contributed by atoms with van der Waals surface area (Å²) < 4.78 is 7.90. The van der Waals surface area contributed by atoms with Gasteiger partial charge in [-0.3, -0.25) is 0 Å². The molecule has 30 heavy (non-hydrogen) atoms. The number of hydrogen-bond donors (Lipinski definition) is 2. The van der Waals surface area contributed by atoms with E-state index >= 15 is 0 Å². The van der Waals surface area contributed by atoms with Gasteiger partial charge < -0.3 is 15.4 Å². The highest BCUT2D eigenvalue weighted by molar-refractivity contribution is 5.76. The maximum Gasteiger partial charge on any atom is 0.131 e. The quantitative estimate of drug-likeness (QED) is 0.672. The van der Waals surface area contributed by atoms with Crippen LogP contribution in [-0.4, -0.2) is 31.9 Å². The molecular weight excluding hydrogens is 374 g/mol. The first kappa shape index (κ1) is 19.1. The molecule has 0 aliphatic carbocycles. The molecule has 0 amide bonds. The average Bonchev–Trinajstić information content (AvgIpc) is 3.19. The van der Waals surface area contributed by atoms with Crippen molar-refractivity contribution in [3.05, 3.63) is 54.5 Å². The normalized spacial score (nSPS) is 19.5. The summed E-state index contributed by atoms with van der Waals surface area (Å²) in [5, 5.41) is 11.7. The summed E-state index contributed by atoms with van der Waals surface area (Å²) in [6, 6.07) is 12.8. The standard InChI is InChI=1S/C24H29N5O/c1-23(2)13-16(14-24(3,4)28-23)26-22-9-8-18-19-7-6-17(29-11-5-10-25-29)12-21(19)30-15-20(18)27-22/h5-12,16,28H,13-15H2,1-4H3,(H,26,27). The third-order valence-corrected chi connectivity index (χ3v) is 5.91. The van der Waals surface area contributed by atoms with Gasteiger partial charge in [-0.2, -0.15) is 5.10 Å². The molecule has 1 fully saturated rings. The van der Waals surface area contributed by atoms with Gasteiger partial charge >= 0.3 is 0 Å². The molecule has 2 aromatic heterocycles. The Kier molecular flexibility index (Phi) is 4.36. The molecule has 0 saturated carbocycles.